The fourth-order valence-corrected chi connectivity index (χ4v) is 2.05. The van der Waals surface area contributed by atoms with E-state index in [0.717, 1.165) is 23.6 Å². The molecule has 114 valence electrons. The third-order valence-electron chi connectivity index (χ3n) is 3.53. The average molecular weight is 289 g/mol. The lowest BCUT2D eigenvalue weighted by Gasteiger charge is -2.15. The van der Waals surface area contributed by atoms with Crippen molar-refractivity contribution in [3.05, 3.63) is 41.7 Å². The zero-order chi connectivity index (χ0) is 15.2. The van der Waals surface area contributed by atoms with Gasteiger partial charge in [-0.2, -0.15) is 5.10 Å². The number of nitrogens with one attached hydrogen (secondary N) is 1. The first-order valence-electron chi connectivity index (χ1n) is 7.17. The van der Waals surface area contributed by atoms with E-state index in [0.29, 0.717) is 6.61 Å². The summed E-state index contributed by atoms with van der Waals surface area (Å²) >= 11 is 0. The van der Waals surface area contributed by atoms with Gasteiger partial charge in [0.25, 0.3) is 0 Å². The molecule has 0 saturated heterocycles. The number of ether oxygens (including phenoxy) is 2. The highest BCUT2D eigenvalue weighted by Gasteiger charge is 2.10. The molecule has 0 bridgehead atoms. The van der Waals surface area contributed by atoms with E-state index in [4.69, 9.17) is 9.47 Å². The molecular formula is C16H23N3O2. The van der Waals surface area contributed by atoms with Crippen LogP contribution in [0.5, 0.6) is 11.5 Å². The number of hydrogen-bond acceptors (Lipinski definition) is 4. The molecule has 0 radical (unpaired) electrons. The van der Waals surface area contributed by atoms with Gasteiger partial charge in [-0.05, 0) is 38.6 Å². The Morgan fingerprint density at radius 2 is 2.14 bits per heavy atom. The Kier molecular flexibility index (Phi) is 5.22. The summed E-state index contributed by atoms with van der Waals surface area (Å²) in [5.41, 5.74) is 2.21. The van der Waals surface area contributed by atoms with Gasteiger partial charge in [0.2, 0.25) is 0 Å². The first-order chi connectivity index (χ1) is 10.2. The van der Waals surface area contributed by atoms with Crippen LogP contribution in [0.1, 0.15) is 31.0 Å². The van der Waals surface area contributed by atoms with Gasteiger partial charge in [-0.25, -0.2) is 0 Å². The van der Waals surface area contributed by atoms with E-state index < -0.39 is 0 Å². The number of benzene rings is 1. The van der Waals surface area contributed by atoms with Gasteiger partial charge in [-0.3, -0.25) is 4.68 Å². The molecule has 0 aliphatic carbocycles. The lowest BCUT2D eigenvalue weighted by atomic mass is 10.1. The molecule has 2 aromatic rings. The highest BCUT2D eigenvalue weighted by molar-refractivity contribution is 5.43. The second-order valence-electron chi connectivity index (χ2n) is 4.91. The minimum absolute atomic E-state index is 0.274. The number of aryl methyl sites for hydroxylation is 1. The van der Waals surface area contributed by atoms with Crippen LogP contribution in [0.4, 0.5) is 0 Å². The van der Waals surface area contributed by atoms with Gasteiger partial charge in [0, 0.05) is 24.3 Å². The maximum atomic E-state index is 5.84. The zero-order valence-electron chi connectivity index (χ0n) is 13.1. The molecule has 0 spiro atoms. The molecule has 0 aliphatic rings. The average Bonchev–Trinajstić information content (AvgIpc) is 3.00. The predicted octanol–water partition coefficient (Wildman–Crippen LogP) is 2.77. The monoisotopic (exact) mass is 289 g/mol. The van der Waals surface area contributed by atoms with Crippen LogP contribution in [0.15, 0.2) is 30.6 Å². The Balaban J connectivity index is 2.08. The third kappa shape index (κ3) is 3.76. The second-order valence-corrected chi connectivity index (χ2v) is 4.91. The van der Waals surface area contributed by atoms with E-state index >= 15 is 0 Å². The summed E-state index contributed by atoms with van der Waals surface area (Å²) in [6.07, 6.45) is 3.82. The Bertz CT molecular complexity index is 581. The number of rotatable bonds is 7. The molecule has 5 nitrogen and oxygen atoms in total. The normalized spacial score (nSPS) is 12.2. The van der Waals surface area contributed by atoms with Crippen molar-refractivity contribution in [1.29, 1.82) is 0 Å². The molecule has 21 heavy (non-hydrogen) atoms. The molecule has 0 amide bonds. The predicted molar refractivity (Wildman–Crippen MR) is 82.7 cm³/mol. The highest BCUT2D eigenvalue weighted by Crippen LogP contribution is 2.30. The first kappa shape index (κ1) is 15.4. The fourth-order valence-electron chi connectivity index (χ4n) is 2.05. The Hall–Kier alpha value is -2.01. The van der Waals surface area contributed by atoms with Crippen LogP contribution in [0.2, 0.25) is 0 Å². The molecule has 1 heterocycles. The molecular weight excluding hydrogens is 266 g/mol. The summed E-state index contributed by atoms with van der Waals surface area (Å²) in [6, 6.07) is 6.28. The van der Waals surface area contributed by atoms with E-state index in [2.05, 4.69) is 30.3 Å². The van der Waals surface area contributed by atoms with E-state index in [1.54, 1.807) is 7.11 Å². The molecule has 1 aromatic carbocycles. The molecule has 0 aliphatic heterocycles. The van der Waals surface area contributed by atoms with Gasteiger partial charge in [0.1, 0.15) is 6.61 Å². The maximum absolute atomic E-state index is 5.84. The molecule has 1 atom stereocenters. The number of aromatic nitrogens is 2. The molecule has 0 fully saturated rings. The van der Waals surface area contributed by atoms with Crippen LogP contribution in [-0.4, -0.2) is 23.9 Å². The summed E-state index contributed by atoms with van der Waals surface area (Å²) in [7, 11) is 3.60. The van der Waals surface area contributed by atoms with Gasteiger partial charge < -0.3 is 14.8 Å². The summed E-state index contributed by atoms with van der Waals surface area (Å²) < 4.78 is 13.1. The smallest absolute Gasteiger partial charge is 0.161 e. The zero-order valence-corrected chi connectivity index (χ0v) is 13.1. The Morgan fingerprint density at radius 1 is 1.33 bits per heavy atom. The van der Waals surface area contributed by atoms with E-state index in [-0.39, 0.29) is 6.04 Å². The van der Waals surface area contributed by atoms with Crippen molar-refractivity contribution < 1.29 is 9.47 Å². The van der Waals surface area contributed by atoms with Gasteiger partial charge in [-0.1, -0.05) is 6.07 Å². The number of hydrogen-bond donors (Lipinski definition) is 1. The van der Waals surface area contributed by atoms with Gasteiger partial charge in [0.15, 0.2) is 11.5 Å². The fraction of sp³-hybridized carbons (Fsp3) is 0.438. The quantitative estimate of drug-likeness (QED) is 0.851. The number of methoxy groups -OCH3 is 1. The van der Waals surface area contributed by atoms with Crippen LogP contribution in [0.3, 0.4) is 0 Å². The third-order valence-corrected chi connectivity index (χ3v) is 3.53. The van der Waals surface area contributed by atoms with Crippen molar-refractivity contribution in [3.63, 3.8) is 0 Å². The van der Waals surface area contributed by atoms with Crippen molar-refractivity contribution in [1.82, 2.24) is 15.1 Å². The van der Waals surface area contributed by atoms with Gasteiger partial charge in [-0.15, -0.1) is 0 Å². The van der Waals surface area contributed by atoms with Gasteiger partial charge in [0.05, 0.1) is 13.3 Å². The molecule has 5 heteroatoms. The topological polar surface area (TPSA) is 48.3 Å². The number of nitrogens with zero attached hydrogens (tertiary/aromatic N) is 2. The molecule has 1 N–H and O–H groups in total. The second kappa shape index (κ2) is 7.13. The summed E-state index contributed by atoms with van der Waals surface area (Å²) in [5, 5.41) is 7.45. The van der Waals surface area contributed by atoms with E-state index in [9.17, 15) is 0 Å². The van der Waals surface area contributed by atoms with Crippen LogP contribution in [0, 0.1) is 0 Å². The minimum Gasteiger partial charge on any atom is -0.493 e. The van der Waals surface area contributed by atoms with Crippen LogP contribution < -0.4 is 14.8 Å². The van der Waals surface area contributed by atoms with E-state index in [1.165, 1.54) is 5.56 Å². The van der Waals surface area contributed by atoms with Gasteiger partial charge >= 0.3 is 0 Å². The molecule has 1 aromatic heterocycles. The van der Waals surface area contributed by atoms with Crippen molar-refractivity contribution in [2.24, 2.45) is 0 Å². The lowest BCUT2D eigenvalue weighted by Crippen LogP contribution is -2.12. The molecule has 1 unspecified atom stereocenters. The first-order valence-corrected chi connectivity index (χ1v) is 7.17. The van der Waals surface area contributed by atoms with Crippen molar-refractivity contribution in [2.75, 3.05) is 14.2 Å². The van der Waals surface area contributed by atoms with Crippen molar-refractivity contribution in [3.8, 4) is 11.5 Å². The minimum atomic E-state index is 0.274. The van der Waals surface area contributed by atoms with E-state index in [1.807, 2.05) is 36.3 Å². The highest BCUT2D eigenvalue weighted by atomic mass is 16.5. The maximum Gasteiger partial charge on any atom is 0.161 e. The Labute approximate surface area is 125 Å². The molecule has 2 rings (SSSR count). The molecule has 0 saturated carbocycles. The summed E-state index contributed by atoms with van der Waals surface area (Å²) in [6.45, 7) is 5.51. The van der Waals surface area contributed by atoms with Crippen LogP contribution in [0.25, 0.3) is 0 Å². The van der Waals surface area contributed by atoms with Crippen LogP contribution in [-0.2, 0) is 13.2 Å². The summed E-state index contributed by atoms with van der Waals surface area (Å²) in [5.74, 6) is 1.49. The summed E-state index contributed by atoms with van der Waals surface area (Å²) in [4.78, 5) is 0. The lowest BCUT2D eigenvalue weighted by molar-refractivity contribution is 0.284. The largest absolute Gasteiger partial charge is 0.493 e. The standard InChI is InChI=1S/C16H23N3O2/c1-5-19-10-13(9-18-19)11-21-15-7-6-14(12(2)17-3)8-16(15)20-4/h6-10,12,17H,5,11H2,1-4H3. The van der Waals surface area contributed by atoms with Crippen LogP contribution >= 0.6 is 0 Å². The SMILES string of the molecule is CCn1cc(COc2ccc(C(C)NC)cc2OC)cn1. The van der Waals surface area contributed by atoms with Crippen molar-refractivity contribution in [2.45, 2.75) is 33.0 Å². The van der Waals surface area contributed by atoms with Crippen molar-refractivity contribution >= 4 is 0 Å². The Morgan fingerprint density at radius 3 is 2.76 bits per heavy atom.